The van der Waals surface area contributed by atoms with Crippen molar-refractivity contribution in [1.82, 2.24) is 4.90 Å². The molecule has 1 aromatic carbocycles. The molecule has 2 aliphatic carbocycles. The van der Waals surface area contributed by atoms with Gasteiger partial charge in [-0.25, -0.2) is 0 Å². The van der Waals surface area contributed by atoms with E-state index in [0.717, 1.165) is 43.7 Å². The second kappa shape index (κ2) is 10.3. The van der Waals surface area contributed by atoms with Crippen LogP contribution in [0.4, 0.5) is 5.69 Å². The summed E-state index contributed by atoms with van der Waals surface area (Å²) in [4.78, 5) is 31.7. The summed E-state index contributed by atoms with van der Waals surface area (Å²) in [7, 11) is 0. The van der Waals surface area contributed by atoms with E-state index in [9.17, 15) is 14.9 Å². The first kappa shape index (κ1) is 21.8. The highest BCUT2D eigenvalue weighted by Crippen LogP contribution is 2.37. The number of carbonyl (C=O) groups excluding carboxylic acids is 1. The van der Waals surface area contributed by atoms with Gasteiger partial charge in [0.05, 0.1) is 21.4 Å². The maximum Gasteiger partial charge on any atom is 0.276 e. The lowest BCUT2D eigenvalue weighted by atomic mass is 9.94. The summed E-state index contributed by atoms with van der Waals surface area (Å²) in [6, 6.07) is 7.18. The number of carbonyl (C=O) groups is 1. The van der Waals surface area contributed by atoms with E-state index in [1.165, 1.54) is 43.5 Å². The summed E-state index contributed by atoms with van der Waals surface area (Å²) in [5.41, 5.74) is 0.589. The third kappa shape index (κ3) is 5.26. The van der Waals surface area contributed by atoms with Gasteiger partial charge in [-0.05, 0) is 55.7 Å². The molecular weight excluding hydrogens is 410 g/mol. The van der Waals surface area contributed by atoms with Gasteiger partial charge in [0.15, 0.2) is 5.17 Å². The van der Waals surface area contributed by atoms with Crippen molar-refractivity contribution in [1.29, 1.82) is 0 Å². The fraction of sp³-hybridized carbons (Fsp3) is 0.500. The first-order chi connectivity index (χ1) is 15.1. The number of para-hydroxylation sites is 1. The molecule has 0 radical (unpaired) electrons. The minimum absolute atomic E-state index is 0.0265. The number of amides is 1. The Labute approximate surface area is 187 Å². The van der Waals surface area contributed by atoms with E-state index in [4.69, 9.17) is 4.99 Å². The molecule has 31 heavy (non-hydrogen) atoms. The standard InChI is InChI=1S/C24H29N3O3S/c28-23-22(17-9-11-18-10-7-8-16-21(18)27(29)30)31-24(25-19-12-3-1-4-13-19)26(23)20-14-5-2-6-15-20/h7-11,16-17,19-20H,1-6,12-15H2. The molecule has 0 unspecified atom stereocenters. The molecule has 1 saturated heterocycles. The molecule has 1 aromatic rings. The maximum absolute atomic E-state index is 13.3. The van der Waals surface area contributed by atoms with Gasteiger partial charge in [-0.3, -0.25) is 24.8 Å². The summed E-state index contributed by atoms with van der Waals surface area (Å²) in [6.07, 6.45) is 16.8. The zero-order valence-electron chi connectivity index (χ0n) is 17.7. The molecule has 1 heterocycles. The molecule has 1 aliphatic heterocycles. The Morgan fingerprint density at radius 1 is 1.03 bits per heavy atom. The topological polar surface area (TPSA) is 75.8 Å². The van der Waals surface area contributed by atoms with Gasteiger partial charge in [0.2, 0.25) is 0 Å². The molecule has 0 N–H and O–H groups in total. The number of nitrogens with zero attached hydrogens (tertiary/aromatic N) is 3. The number of hydrogen-bond acceptors (Lipinski definition) is 5. The zero-order valence-corrected chi connectivity index (χ0v) is 18.6. The van der Waals surface area contributed by atoms with E-state index in [0.29, 0.717) is 16.5 Å². The monoisotopic (exact) mass is 439 g/mol. The third-order valence-electron chi connectivity index (χ3n) is 6.30. The highest BCUT2D eigenvalue weighted by Gasteiger charge is 2.38. The molecule has 0 aromatic heterocycles. The number of amidine groups is 1. The number of benzene rings is 1. The molecule has 164 valence electrons. The van der Waals surface area contributed by atoms with Gasteiger partial charge in [-0.15, -0.1) is 0 Å². The lowest BCUT2D eigenvalue weighted by Gasteiger charge is -2.31. The summed E-state index contributed by atoms with van der Waals surface area (Å²) >= 11 is 1.46. The fourth-order valence-electron chi connectivity index (χ4n) is 4.65. The molecule has 6 nitrogen and oxygen atoms in total. The Hall–Kier alpha value is -2.41. The second-order valence-electron chi connectivity index (χ2n) is 8.48. The number of thioether (sulfide) groups is 1. The quantitative estimate of drug-likeness (QED) is 0.316. The SMILES string of the molecule is O=C1C(=CC=Cc2ccccc2[N+](=O)[O-])SC(=NC2CCCCC2)N1C1CCCCC1. The number of aliphatic imine (C=N–C) groups is 1. The van der Waals surface area contributed by atoms with Crippen LogP contribution >= 0.6 is 11.8 Å². The third-order valence-corrected chi connectivity index (χ3v) is 7.32. The summed E-state index contributed by atoms with van der Waals surface area (Å²) in [5, 5.41) is 12.1. The van der Waals surface area contributed by atoms with Crippen LogP contribution in [0.1, 0.15) is 69.8 Å². The van der Waals surface area contributed by atoms with E-state index in [1.54, 1.807) is 36.4 Å². The summed E-state index contributed by atoms with van der Waals surface area (Å²) in [5.74, 6) is 0.0265. The van der Waals surface area contributed by atoms with E-state index in [1.807, 2.05) is 4.90 Å². The molecular formula is C24H29N3O3S. The van der Waals surface area contributed by atoms with Gasteiger partial charge in [0.25, 0.3) is 11.6 Å². The van der Waals surface area contributed by atoms with Gasteiger partial charge in [-0.2, -0.15) is 0 Å². The number of rotatable bonds is 5. The van der Waals surface area contributed by atoms with Crippen molar-refractivity contribution in [3.63, 3.8) is 0 Å². The average Bonchev–Trinajstić information content (AvgIpc) is 3.10. The van der Waals surface area contributed by atoms with Crippen LogP contribution < -0.4 is 0 Å². The van der Waals surface area contributed by atoms with Gasteiger partial charge in [0.1, 0.15) is 0 Å². The van der Waals surface area contributed by atoms with Crippen molar-refractivity contribution < 1.29 is 9.72 Å². The van der Waals surface area contributed by atoms with Gasteiger partial charge >= 0.3 is 0 Å². The Morgan fingerprint density at radius 3 is 2.42 bits per heavy atom. The lowest BCUT2D eigenvalue weighted by Crippen LogP contribution is -2.41. The summed E-state index contributed by atoms with van der Waals surface area (Å²) < 4.78 is 0. The van der Waals surface area contributed by atoms with E-state index < -0.39 is 0 Å². The molecule has 0 spiro atoms. The van der Waals surface area contributed by atoms with Crippen LogP contribution in [0.2, 0.25) is 0 Å². The van der Waals surface area contributed by atoms with Crippen molar-refractivity contribution in [2.24, 2.45) is 4.99 Å². The van der Waals surface area contributed by atoms with E-state index in [-0.39, 0.29) is 22.6 Å². The number of hydrogen-bond donors (Lipinski definition) is 0. The van der Waals surface area contributed by atoms with Crippen molar-refractivity contribution in [2.45, 2.75) is 76.3 Å². The zero-order chi connectivity index (χ0) is 21.6. The number of allylic oxidation sites excluding steroid dienone is 2. The molecule has 7 heteroatoms. The lowest BCUT2D eigenvalue weighted by molar-refractivity contribution is -0.385. The first-order valence-corrected chi connectivity index (χ1v) is 12.2. The van der Waals surface area contributed by atoms with Crippen LogP contribution in [0, 0.1) is 10.1 Å². The summed E-state index contributed by atoms with van der Waals surface area (Å²) in [6.45, 7) is 0. The van der Waals surface area contributed by atoms with Crippen LogP contribution in [-0.2, 0) is 4.79 Å². The largest absolute Gasteiger partial charge is 0.284 e. The van der Waals surface area contributed by atoms with Gasteiger partial charge in [0, 0.05) is 12.1 Å². The fourth-order valence-corrected chi connectivity index (χ4v) is 5.71. The molecule has 2 saturated carbocycles. The van der Waals surface area contributed by atoms with Crippen molar-refractivity contribution >= 4 is 34.6 Å². The smallest absolute Gasteiger partial charge is 0.276 e. The van der Waals surface area contributed by atoms with Crippen LogP contribution in [0.5, 0.6) is 0 Å². The Bertz CT molecular complexity index is 912. The Kier molecular flexibility index (Phi) is 7.22. The Morgan fingerprint density at radius 2 is 1.71 bits per heavy atom. The van der Waals surface area contributed by atoms with Crippen LogP contribution in [0.3, 0.4) is 0 Å². The van der Waals surface area contributed by atoms with E-state index >= 15 is 0 Å². The highest BCUT2D eigenvalue weighted by atomic mass is 32.2. The predicted molar refractivity (Wildman–Crippen MR) is 126 cm³/mol. The molecule has 0 atom stereocenters. The van der Waals surface area contributed by atoms with Crippen LogP contribution in [0.15, 0.2) is 46.3 Å². The minimum atomic E-state index is -0.387. The molecule has 3 fully saturated rings. The average molecular weight is 440 g/mol. The number of nitro groups is 1. The van der Waals surface area contributed by atoms with Crippen LogP contribution in [-0.4, -0.2) is 33.0 Å². The van der Waals surface area contributed by atoms with Crippen molar-refractivity contribution in [2.75, 3.05) is 0 Å². The normalized spacial score (nSPS) is 24.0. The molecule has 0 bridgehead atoms. The van der Waals surface area contributed by atoms with E-state index in [2.05, 4.69) is 0 Å². The van der Waals surface area contributed by atoms with Gasteiger partial charge in [-0.1, -0.05) is 56.7 Å². The Balaban J connectivity index is 1.57. The number of nitro benzene ring substituents is 1. The predicted octanol–water partition coefficient (Wildman–Crippen LogP) is 6.09. The van der Waals surface area contributed by atoms with Gasteiger partial charge < -0.3 is 0 Å². The highest BCUT2D eigenvalue weighted by molar-refractivity contribution is 8.18. The maximum atomic E-state index is 13.3. The molecule has 3 aliphatic rings. The van der Waals surface area contributed by atoms with Crippen molar-refractivity contribution in [3.8, 4) is 0 Å². The second-order valence-corrected chi connectivity index (χ2v) is 9.49. The first-order valence-electron chi connectivity index (χ1n) is 11.3. The molecule has 1 amide bonds. The molecule has 4 rings (SSSR count). The van der Waals surface area contributed by atoms with Crippen LogP contribution in [0.25, 0.3) is 6.08 Å². The van der Waals surface area contributed by atoms with Crippen molar-refractivity contribution in [3.05, 3.63) is 57.0 Å². The minimum Gasteiger partial charge on any atom is -0.284 e.